The number of hydrogen-bond donors (Lipinski definition) is 1. The maximum atomic E-state index is 5.44. The summed E-state index contributed by atoms with van der Waals surface area (Å²) in [7, 11) is 0. The second-order valence-electron chi connectivity index (χ2n) is 5.30. The Balaban J connectivity index is 2.16. The van der Waals surface area contributed by atoms with E-state index in [9.17, 15) is 0 Å². The van der Waals surface area contributed by atoms with Crippen molar-refractivity contribution in [1.82, 2.24) is 5.32 Å². The first-order chi connectivity index (χ1) is 10.3. The highest BCUT2D eigenvalue weighted by Gasteiger charge is 2.15. The predicted octanol–water partition coefficient (Wildman–Crippen LogP) is 4.21. The molecule has 0 aliphatic heterocycles. The molecule has 2 rings (SSSR count). The van der Waals surface area contributed by atoms with Gasteiger partial charge in [0.25, 0.3) is 0 Å². The molecule has 0 aliphatic carbocycles. The third-order valence-electron chi connectivity index (χ3n) is 3.87. The monoisotopic (exact) mass is 277 g/mol. The average Bonchev–Trinajstić information content (AvgIpc) is 2.56. The highest BCUT2D eigenvalue weighted by Crippen LogP contribution is 2.24. The Labute approximate surface area is 128 Å². The zero-order valence-electron chi connectivity index (χ0n) is 12.6. The molecule has 0 radical (unpaired) electrons. The zero-order valence-corrected chi connectivity index (χ0v) is 12.6. The number of hydrogen-bond acceptors (Lipinski definition) is 1. The highest BCUT2D eigenvalue weighted by atomic mass is 14.9. The van der Waals surface area contributed by atoms with Crippen LogP contribution in [0.1, 0.15) is 36.8 Å². The first kappa shape index (κ1) is 15.4. The van der Waals surface area contributed by atoms with Crippen LogP contribution in [0.3, 0.4) is 0 Å². The summed E-state index contributed by atoms with van der Waals surface area (Å²) in [4.78, 5) is 0. The van der Waals surface area contributed by atoms with E-state index in [0.29, 0.717) is 12.0 Å². The molecule has 21 heavy (non-hydrogen) atoms. The van der Waals surface area contributed by atoms with Crippen molar-refractivity contribution in [2.24, 2.45) is 0 Å². The maximum Gasteiger partial charge on any atom is 0.0240 e. The predicted molar refractivity (Wildman–Crippen MR) is 90.3 cm³/mol. The Hall–Kier alpha value is -2.04. The van der Waals surface area contributed by atoms with Gasteiger partial charge in [-0.25, -0.2) is 0 Å². The van der Waals surface area contributed by atoms with Gasteiger partial charge in [-0.15, -0.1) is 12.3 Å². The van der Waals surface area contributed by atoms with Crippen molar-refractivity contribution in [2.45, 2.75) is 31.7 Å². The van der Waals surface area contributed by atoms with E-state index in [1.807, 2.05) is 0 Å². The summed E-state index contributed by atoms with van der Waals surface area (Å²) >= 11 is 0. The van der Waals surface area contributed by atoms with E-state index in [1.54, 1.807) is 0 Å². The second kappa shape index (κ2) is 8.29. The first-order valence-electron chi connectivity index (χ1n) is 7.62. The summed E-state index contributed by atoms with van der Waals surface area (Å²) in [6.07, 6.45) is 7.28. The third-order valence-corrected chi connectivity index (χ3v) is 3.87. The average molecular weight is 277 g/mol. The van der Waals surface area contributed by atoms with Crippen LogP contribution in [0.25, 0.3) is 0 Å². The van der Waals surface area contributed by atoms with E-state index in [1.165, 1.54) is 11.1 Å². The Bertz CT molecular complexity index is 514. The number of benzene rings is 2. The van der Waals surface area contributed by atoms with Gasteiger partial charge in [0.05, 0.1) is 0 Å². The van der Waals surface area contributed by atoms with E-state index in [4.69, 9.17) is 6.42 Å². The lowest BCUT2D eigenvalue weighted by molar-refractivity contribution is 0.493. The lowest BCUT2D eigenvalue weighted by Gasteiger charge is -2.22. The van der Waals surface area contributed by atoms with Gasteiger partial charge in [-0.3, -0.25) is 0 Å². The summed E-state index contributed by atoms with van der Waals surface area (Å²) in [6.45, 7) is 3.09. The molecule has 0 aromatic heterocycles. The Morgan fingerprint density at radius 2 is 1.48 bits per heavy atom. The van der Waals surface area contributed by atoms with Crippen LogP contribution in [-0.4, -0.2) is 12.6 Å². The Morgan fingerprint density at radius 3 is 1.90 bits per heavy atom. The van der Waals surface area contributed by atoms with Gasteiger partial charge in [-0.2, -0.15) is 0 Å². The molecule has 1 atom stereocenters. The van der Waals surface area contributed by atoms with E-state index >= 15 is 0 Å². The van der Waals surface area contributed by atoms with Crippen LogP contribution in [0.4, 0.5) is 0 Å². The molecule has 108 valence electrons. The summed E-state index contributed by atoms with van der Waals surface area (Å²) in [6, 6.07) is 21.7. The van der Waals surface area contributed by atoms with Gasteiger partial charge in [0, 0.05) is 24.9 Å². The minimum Gasteiger partial charge on any atom is -0.312 e. The van der Waals surface area contributed by atoms with Crippen molar-refractivity contribution in [2.75, 3.05) is 6.54 Å². The van der Waals surface area contributed by atoms with Gasteiger partial charge in [0.2, 0.25) is 0 Å². The first-order valence-corrected chi connectivity index (χ1v) is 7.62. The Kier molecular flexibility index (Phi) is 6.06. The molecule has 1 heteroatoms. The van der Waals surface area contributed by atoms with Crippen molar-refractivity contribution in [3.05, 3.63) is 71.8 Å². The van der Waals surface area contributed by atoms with Crippen molar-refractivity contribution < 1.29 is 0 Å². The van der Waals surface area contributed by atoms with Gasteiger partial charge in [0.15, 0.2) is 0 Å². The number of rotatable bonds is 7. The molecule has 0 saturated carbocycles. The number of nitrogens with one attached hydrogen (secondary N) is 1. The van der Waals surface area contributed by atoms with Crippen LogP contribution in [0.15, 0.2) is 60.7 Å². The Morgan fingerprint density at radius 1 is 0.952 bits per heavy atom. The van der Waals surface area contributed by atoms with Crippen LogP contribution >= 0.6 is 0 Å². The van der Waals surface area contributed by atoms with Crippen LogP contribution < -0.4 is 5.32 Å². The van der Waals surface area contributed by atoms with Gasteiger partial charge in [-0.05, 0) is 17.5 Å². The molecule has 1 nitrogen and oxygen atoms in total. The van der Waals surface area contributed by atoms with Gasteiger partial charge >= 0.3 is 0 Å². The van der Waals surface area contributed by atoms with E-state index < -0.39 is 0 Å². The largest absolute Gasteiger partial charge is 0.312 e. The van der Waals surface area contributed by atoms with Gasteiger partial charge < -0.3 is 5.32 Å². The fraction of sp³-hybridized carbons (Fsp3) is 0.300. The van der Waals surface area contributed by atoms with Crippen LogP contribution in [0.2, 0.25) is 0 Å². The second-order valence-corrected chi connectivity index (χ2v) is 5.30. The fourth-order valence-electron chi connectivity index (χ4n) is 2.59. The molecular formula is C20H23N. The SMILES string of the molecule is C#CCC(CC)NCC(c1ccccc1)c1ccccc1. The van der Waals surface area contributed by atoms with Crippen LogP contribution in [-0.2, 0) is 0 Å². The van der Waals surface area contributed by atoms with Gasteiger partial charge in [-0.1, -0.05) is 67.6 Å². The lowest BCUT2D eigenvalue weighted by Crippen LogP contribution is -2.32. The van der Waals surface area contributed by atoms with Gasteiger partial charge in [0.1, 0.15) is 0 Å². The molecule has 0 amide bonds. The standard InChI is InChI=1S/C20H23N/c1-3-11-19(4-2)21-16-20(17-12-7-5-8-13-17)18-14-9-6-10-15-18/h1,5-10,12-15,19-21H,4,11,16H2,2H3. The fourth-order valence-corrected chi connectivity index (χ4v) is 2.59. The van der Waals surface area contributed by atoms with E-state index in [-0.39, 0.29) is 0 Å². The smallest absolute Gasteiger partial charge is 0.0240 e. The molecule has 0 aliphatic rings. The molecule has 2 aromatic rings. The zero-order chi connectivity index (χ0) is 14.9. The van der Waals surface area contributed by atoms with Crippen molar-refractivity contribution in [1.29, 1.82) is 0 Å². The molecule has 1 unspecified atom stereocenters. The van der Waals surface area contributed by atoms with E-state index in [2.05, 4.69) is 78.8 Å². The van der Waals surface area contributed by atoms with Crippen LogP contribution in [0, 0.1) is 12.3 Å². The van der Waals surface area contributed by atoms with Crippen LogP contribution in [0.5, 0.6) is 0 Å². The highest BCUT2D eigenvalue weighted by molar-refractivity contribution is 5.32. The van der Waals surface area contributed by atoms with E-state index in [0.717, 1.165) is 19.4 Å². The third kappa shape index (κ3) is 4.48. The van der Waals surface area contributed by atoms with Crippen molar-refractivity contribution in [3.8, 4) is 12.3 Å². The summed E-state index contributed by atoms with van der Waals surface area (Å²) < 4.78 is 0. The maximum absolute atomic E-state index is 5.44. The summed E-state index contributed by atoms with van der Waals surface area (Å²) in [5, 5.41) is 3.62. The van der Waals surface area contributed by atoms with Crippen molar-refractivity contribution in [3.63, 3.8) is 0 Å². The minimum atomic E-state index is 0.360. The molecule has 0 heterocycles. The topological polar surface area (TPSA) is 12.0 Å². The molecule has 0 fully saturated rings. The molecule has 0 saturated heterocycles. The number of terminal acetylenes is 1. The molecule has 2 aromatic carbocycles. The van der Waals surface area contributed by atoms with Crippen molar-refractivity contribution >= 4 is 0 Å². The minimum absolute atomic E-state index is 0.360. The molecular weight excluding hydrogens is 254 g/mol. The molecule has 0 bridgehead atoms. The molecule has 0 spiro atoms. The lowest BCUT2D eigenvalue weighted by atomic mass is 9.91. The molecule has 1 N–H and O–H groups in total. The summed E-state index contributed by atoms with van der Waals surface area (Å²) in [5.74, 6) is 3.12. The quantitative estimate of drug-likeness (QED) is 0.748. The normalized spacial score (nSPS) is 12.0. The summed E-state index contributed by atoms with van der Waals surface area (Å²) in [5.41, 5.74) is 2.68.